The molecule has 0 amide bonds. The van der Waals surface area contributed by atoms with Crippen molar-refractivity contribution in [2.45, 2.75) is 6.92 Å². The van der Waals surface area contributed by atoms with Gasteiger partial charge in [0, 0.05) is 12.1 Å². The number of nitrogens with one attached hydrogen (secondary N) is 1. The van der Waals surface area contributed by atoms with Gasteiger partial charge in [0.1, 0.15) is 11.6 Å². The number of benzene rings is 1. The fraction of sp³-hybridized carbons (Fsp3) is 0.231. The van der Waals surface area contributed by atoms with E-state index in [1.54, 1.807) is 7.11 Å². The molecule has 0 unspecified atom stereocenters. The molecule has 4 heteroatoms. The minimum atomic E-state index is 0.783. The van der Waals surface area contributed by atoms with E-state index in [1.165, 1.54) is 0 Å². The molecule has 1 aromatic heterocycles. The lowest BCUT2D eigenvalue weighted by molar-refractivity contribution is 0.416. The highest BCUT2D eigenvalue weighted by Crippen LogP contribution is 2.27. The van der Waals surface area contributed by atoms with E-state index in [9.17, 15) is 0 Å². The third-order valence-corrected chi connectivity index (χ3v) is 2.41. The highest BCUT2D eigenvalue weighted by atomic mass is 16.5. The zero-order chi connectivity index (χ0) is 12.1. The van der Waals surface area contributed by atoms with Gasteiger partial charge in [0.25, 0.3) is 0 Å². The normalized spacial score (nSPS) is 10.0. The van der Waals surface area contributed by atoms with E-state index in [2.05, 4.69) is 15.5 Å². The number of hydrogen-bond acceptors (Lipinski definition) is 4. The summed E-state index contributed by atoms with van der Waals surface area (Å²) in [6, 6.07) is 11.6. The van der Waals surface area contributed by atoms with E-state index >= 15 is 0 Å². The predicted octanol–water partition coefficient (Wildman–Crippen LogP) is 2.58. The Hall–Kier alpha value is -2.10. The molecule has 1 aromatic carbocycles. The Morgan fingerprint density at radius 2 is 1.94 bits per heavy atom. The Morgan fingerprint density at radius 1 is 1.12 bits per heavy atom. The van der Waals surface area contributed by atoms with Gasteiger partial charge in [-0.1, -0.05) is 12.1 Å². The molecule has 0 bridgehead atoms. The molecule has 17 heavy (non-hydrogen) atoms. The molecule has 2 aromatic rings. The van der Waals surface area contributed by atoms with Gasteiger partial charge >= 0.3 is 0 Å². The van der Waals surface area contributed by atoms with Crippen LogP contribution in [0.1, 0.15) is 6.92 Å². The maximum atomic E-state index is 5.29. The number of para-hydroxylation sites is 1. The van der Waals surface area contributed by atoms with Gasteiger partial charge in [-0.15, -0.1) is 10.2 Å². The van der Waals surface area contributed by atoms with Gasteiger partial charge in [0.05, 0.1) is 12.8 Å². The smallest absolute Gasteiger partial charge is 0.148 e. The molecule has 0 aliphatic carbocycles. The second kappa shape index (κ2) is 5.30. The van der Waals surface area contributed by atoms with Crippen LogP contribution in [-0.4, -0.2) is 23.9 Å². The maximum Gasteiger partial charge on any atom is 0.148 e. The van der Waals surface area contributed by atoms with Crippen LogP contribution in [0.4, 0.5) is 5.82 Å². The summed E-state index contributed by atoms with van der Waals surface area (Å²) in [4.78, 5) is 0. The summed E-state index contributed by atoms with van der Waals surface area (Å²) in [5.41, 5.74) is 1.76. The second-order valence-electron chi connectivity index (χ2n) is 3.53. The lowest BCUT2D eigenvalue weighted by Crippen LogP contribution is -2.00. The fourth-order valence-corrected chi connectivity index (χ4v) is 1.61. The summed E-state index contributed by atoms with van der Waals surface area (Å²) in [5, 5.41) is 11.4. The standard InChI is InChI=1S/C13H15N3O/c1-3-14-13-9-8-11(15-16-13)10-6-4-5-7-12(10)17-2/h4-9H,3H2,1-2H3,(H,14,16). The van der Waals surface area contributed by atoms with E-state index in [0.717, 1.165) is 29.4 Å². The van der Waals surface area contributed by atoms with E-state index in [1.807, 2.05) is 43.3 Å². The van der Waals surface area contributed by atoms with Gasteiger partial charge in [-0.25, -0.2) is 0 Å². The van der Waals surface area contributed by atoms with Gasteiger partial charge < -0.3 is 10.1 Å². The van der Waals surface area contributed by atoms with Gasteiger partial charge in [0.15, 0.2) is 0 Å². The third kappa shape index (κ3) is 2.53. The topological polar surface area (TPSA) is 47.0 Å². The van der Waals surface area contributed by atoms with Crippen LogP contribution in [0.3, 0.4) is 0 Å². The van der Waals surface area contributed by atoms with Crippen molar-refractivity contribution in [3.63, 3.8) is 0 Å². The Labute approximate surface area is 101 Å². The van der Waals surface area contributed by atoms with E-state index in [4.69, 9.17) is 4.74 Å². The lowest BCUT2D eigenvalue weighted by Gasteiger charge is -2.07. The molecule has 2 rings (SSSR count). The van der Waals surface area contributed by atoms with Crippen LogP contribution in [0.2, 0.25) is 0 Å². The first kappa shape index (κ1) is 11.4. The summed E-state index contributed by atoms with van der Waals surface area (Å²) in [6.45, 7) is 2.86. The number of methoxy groups -OCH3 is 1. The Kier molecular flexibility index (Phi) is 3.55. The van der Waals surface area contributed by atoms with Crippen molar-refractivity contribution in [3.05, 3.63) is 36.4 Å². The molecule has 0 saturated heterocycles. The second-order valence-corrected chi connectivity index (χ2v) is 3.53. The van der Waals surface area contributed by atoms with Crippen molar-refractivity contribution >= 4 is 5.82 Å². The first-order chi connectivity index (χ1) is 8.35. The maximum absolute atomic E-state index is 5.29. The number of nitrogens with zero attached hydrogens (tertiary/aromatic N) is 2. The van der Waals surface area contributed by atoms with E-state index in [-0.39, 0.29) is 0 Å². The van der Waals surface area contributed by atoms with Crippen molar-refractivity contribution in [2.75, 3.05) is 19.0 Å². The fourth-order valence-electron chi connectivity index (χ4n) is 1.61. The molecule has 0 fully saturated rings. The van der Waals surface area contributed by atoms with Gasteiger partial charge in [-0.05, 0) is 31.2 Å². The number of rotatable bonds is 4. The number of anilines is 1. The zero-order valence-electron chi connectivity index (χ0n) is 9.97. The van der Waals surface area contributed by atoms with Gasteiger partial charge in [-0.2, -0.15) is 0 Å². The van der Waals surface area contributed by atoms with Crippen molar-refractivity contribution in [1.29, 1.82) is 0 Å². The van der Waals surface area contributed by atoms with Gasteiger partial charge in [0.2, 0.25) is 0 Å². The molecule has 0 spiro atoms. The van der Waals surface area contributed by atoms with Crippen LogP contribution >= 0.6 is 0 Å². The van der Waals surface area contributed by atoms with Crippen molar-refractivity contribution in [2.24, 2.45) is 0 Å². The average molecular weight is 229 g/mol. The molecule has 1 N–H and O–H groups in total. The molecule has 0 radical (unpaired) electrons. The number of aromatic nitrogens is 2. The molecule has 0 aliphatic heterocycles. The van der Waals surface area contributed by atoms with Crippen LogP contribution in [0.15, 0.2) is 36.4 Å². The van der Waals surface area contributed by atoms with Gasteiger partial charge in [-0.3, -0.25) is 0 Å². The first-order valence-corrected chi connectivity index (χ1v) is 5.56. The third-order valence-electron chi connectivity index (χ3n) is 2.41. The largest absolute Gasteiger partial charge is 0.496 e. The quantitative estimate of drug-likeness (QED) is 0.875. The molecule has 88 valence electrons. The molecular formula is C13H15N3O. The van der Waals surface area contributed by atoms with Crippen LogP contribution < -0.4 is 10.1 Å². The molecular weight excluding hydrogens is 214 g/mol. The Morgan fingerprint density at radius 3 is 2.59 bits per heavy atom. The van der Waals surface area contributed by atoms with E-state index in [0.29, 0.717) is 0 Å². The predicted molar refractivity (Wildman–Crippen MR) is 68.2 cm³/mol. The van der Waals surface area contributed by atoms with Crippen LogP contribution in [0.25, 0.3) is 11.3 Å². The summed E-state index contributed by atoms with van der Waals surface area (Å²) in [5.74, 6) is 1.59. The average Bonchev–Trinajstić information content (AvgIpc) is 2.40. The molecule has 0 aliphatic rings. The molecule has 0 saturated carbocycles. The molecule has 0 atom stereocenters. The Balaban J connectivity index is 2.33. The number of ether oxygens (including phenoxy) is 1. The highest BCUT2D eigenvalue weighted by Gasteiger charge is 2.06. The van der Waals surface area contributed by atoms with Crippen LogP contribution in [0, 0.1) is 0 Å². The Bertz CT molecular complexity index is 482. The SMILES string of the molecule is CCNc1ccc(-c2ccccc2OC)nn1. The summed E-state index contributed by atoms with van der Waals surface area (Å²) in [6.07, 6.45) is 0. The monoisotopic (exact) mass is 229 g/mol. The minimum Gasteiger partial charge on any atom is -0.496 e. The first-order valence-electron chi connectivity index (χ1n) is 5.56. The zero-order valence-corrected chi connectivity index (χ0v) is 9.97. The summed E-state index contributed by atoms with van der Waals surface area (Å²) >= 11 is 0. The summed E-state index contributed by atoms with van der Waals surface area (Å²) < 4.78 is 5.29. The van der Waals surface area contributed by atoms with Crippen molar-refractivity contribution < 1.29 is 4.74 Å². The highest BCUT2D eigenvalue weighted by molar-refractivity contribution is 5.67. The summed E-state index contributed by atoms with van der Waals surface area (Å²) in [7, 11) is 1.65. The molecule has 4 nitrogen and oxygen atoms in total. The number of hydrogen-bond donors (Lipinski definition) is 1. The minimum absolute atomic E-state index is 0.783. The van der Waals surface area contributed by atoms with E-state index < -0.39 is 0 Å². The van der Waals surface area contributed by atoms with Crippen LogP contribution in [0.5, 0.6) is 5.75 Å². The van der Waals surface area contributed by atoms with Crippen molar-refractivity contribution in [3.8, 4) is 17.0 Å². The lowest BCUT2D eigenvalue weighted by atomic mass is 10.1. The van der Waals surface area contributed by atoms with Crippen molar-refractivity contribution in [1.82, 2.24) is 10.2 Å². The van der Waals surface area contributed by atoms with Crippen LogP contribution in [-0.2, 0) is 0 Å². The molecule has 1 heterocycles.